The van der Waals surface area contributed by atoms with Crippen molar-refractivity contribution in [1.29, 1.82) is 0 Å². The quantitative estimate of drug-likeness (QED) is 0.338. The Morgan fingerprint density at radius 3 is 2.56 bits per heavy atom. The number of hydrogen-bond acceptors (Lipinski definition) is 8. The third-order valence-electron chi connectivity index (χ3n) is 7.25. The van der Waals surface area contributed by atoms with E-state index in [4.69, 9.17) is 31.8 Å². The Morgan fingerprint density at radius 2 is 1.85 bits per heavy atom. The molecule has 2 aliphatic heterocycles. The first-order valence-electron chi connectivity index (χ1n) is 13.2. The molecule has 2 N–H and O–H groups in total. The zero-order valence-corrected chi connectivity index (χ0v) is 22.3. The Kier molecular flexibility index (Phi) is 7.40. The van der Waals surface area contributed by atoms with Crippen LogP contribution < -0.4 is 10.5 Å². The largest absolute Gasteiger partial charge is 0.474 e. The summed E-state index contributed by atoms with van der Waals surface area (Å²) >= 11 is 5.99. The lowest BCUT2D eigenvalue weighted by molar-refractivity contribution is -0.0593. The highest BCUT2D eigenvalue weighted by Gasteiger charge is 2.26. The lowest BCUT2D eigenvalue weighted by Gasteiger charge is -2.32. The number of amides is 1. The number of rotatable bonds is 9. The number of primary amides is 1. The first kappa shape index (κ1) is 25.7. The number of fused-ring (bicyclic) bond motifs is 1. The molecule has 11 heteroatoms. The average Bonchev–Trinajstić information content (AvgIpc) is 3.25. The molecule has 10 nitrogen and oxygen atoms in total. The van der Waals surface area contributed by atoms with E-state index in [1.54, 1.807) is 12.3 Å². The Balaban J connectivity index is 1.09. The van der Waals surface area contributed by atoms with E-state index in [0.717, 1.165) is 61.7 Å². The number of carbonyl (C=O) groups is 1. The van der Waals surface area contributed by atoms with E-state index in [2.05, 4.69) is 24.4 Å². The molecule has 5 heterocycles. The molecule has 0 radical (unpaired) electrons. The lowest BCUT2D eigenvalue weighted by Crippen LogP contribution is -2.39. The number of nitrogens with zero attached hydrogens (tertiary/aromatic N) is 6. The minimum atomic E-state index is -0.547. The Hall–Kier alpha value is -3.60. The number of piperidine rings is 1. The third kappa shape index (κ3) is 6.03. The zero-order valence-electron chi connectivity index (χ0n) is 21.5. The molecule has 4 aromatic rings. The minimum absolute atomic E-state index is 0.0847. The molecule has 3 aromatic heterocycles. The van der Waals surface area contributed by atoms with Crippen LogP contribution in [0.25, 0.3) is 11.2 Å². The van der Waals surface area contributed by atoms with Gasteiger partial charge in [0.05, 0.1) is 19.2 Å². The van der Waals surface area contributed by atoms with Gasteiger partial charge in [0.2, 0.25) is 5.88 Å². The monoisotopic (exact) mass is 547 g/mol. The topological polar surface area (TPSA) is 121 Å². The van der Waals surface area contributed by atoms with Gasteiger partial charge in [-0.2, -0.15) is 4.98 Å². The molecule has 2 fully saturated rings. The van der Waals surface area contributed by atoms with Crippen molar-refractivity contribution in [2.24, 2.45) is 5.73 Å². The maximum atomic E-state index is 11.7. The number of carbonyl (C=O) groups excluding carboxylic acids is 1. The van der Waals surface area contributed by atoms with Crippen LogP contribution in [0.1, 0.15) is 47.0 Å². The van der Waals surface area contributed by atoms with Crippen LogP contribution in [0.4, 0.5) is 0 Å². The van der Waals surface area contributed by atoms with Crippen LogP contribution in [0.5, 0.6) is 5.88 Å². The number of ether oxygens (including phenoxy) is 2. The first-order valence-corrected chi connectivity index (χ1v) is 13.6. The molecule has 0 unspecified atom stereocenters. The van der Waals surface area contributed by atoms with Gasteiger partial charge in [-0.15, -0.1) is 0 Å². The summed E-state index contributed by atoms with van der Waals surface area (Å²) in [6.45, 7) is 3.86. The highest BCUT2D eigenvalue weighted by atomic mass is 35.5. The summed E-state index contributed by atoms with van der Waals surface area (Å²) in [5, 5.41) is 0.710. The van der Waals surface area contributed by atoms with Gasteiger partial charge < -0.3 is 19.8 Å². The second-order valence-corrected chi connectivity index (χ2v) is 10.5. The second-order valence-electron chi connectivity index (χ2n) is 10.0. The molecule has 6 rings (SSSR count). The van der Waals surface area contributed by atoms with Crippen LogP contribution in [0.15, 0.2) is 48.7 Å². The van der Waals surface area contributed by atoms with Crippen molar-refractivity contribution in [3.63, 3.8) is 0 Å². The maximum absolute atomic E-state index is 11.7. The molecule has 39 heavy (non-hydrogen) atoms. The lowest BCUT2D eigenvalue weighted by atomic mass is 10.1. The van der Waals surface area contributed by atoms with Gasteiger partial charge in [-0.1, -0.05) is 23.7 Å². The number of likely N-dealkylation sites (tertiary alicyclic amines) is 1. The molecule has 0 aliphatic carbocycles. The Morgan fingerprint density at radius 1 is 1.05 bits per heavy atom. The van der Waals surface area contributed by atoms with E-state index in [-0.39, 0.29) is 17.9 Å². The van der Waals surface area contributed by atoms with E-state index >= 15 is 0 Å². The van der Waals surface area contributed by atoms with E-state index in [0.29, 0.717) is 36.1 Å². The number of imidazole rings is 1. The molecule has 2 saturated heterocycles. The van der Waals surface area contributed by atoms with Crippen molar-refractivity contribution in [3.05, 3.63) is 76.6 Å². The van der Waals surface area contributed by atoms with Crippen molar-refractivity contribution in [2.45, 2.75) is 51.0 Å². The van der Waals surface area contributed by atoms with Crippen LogP contribution in [0.3, 0.4) is 0 Å². The molecule has 202 valence electrons. The standard InChI is InChI=1S/C28H30ClN7O3/c29-19-3-1-18(2-4-19)15-24-31-11-7-26(34-24)39-20-8-12-35(13-9-20)17-25-32-23-6-5-22(27(30)37)33-28(23)36(25)16-21-10-14-38-21/h1-7,11,20-21H,8-10,12-17H2,(H2,30,37)/t21-/m0/s1. The summed E-state index contributed by atoms with van der Waals surface area (Å²) in [5.41, 5.74) is 8.24. The molecule has 0 saturated carbocycles. The number of halogens is 1. The molecular formula is C28H30ClN7O3. The van der Waals surface area contributed by atoms with Gasteiger partial charge in [0, 0.05) is 43.4 Å². The summed E-state index contributed by atoms with van der Waals surface area (Å²) in [4.78, 5) is 32.5. The number of benzene rings is 1. The third-order valence-corrected chi connectivity index (χ3v) is 7.50. The predicted molar refractivity (Wildman–Crippen MR) is 146 cm³/mol. The second kappa shape index (κ2) is 11.3. The van der Waals surface area contributed by atoms with E-state index in [1.807, 2.05) is 36.4 Å². The van der Waals surface area contributed by atoms with E-state index in [9.17, 15) is 4.79 Å². The van der Waals surface area contributed by atoms with Crippen LogP contribution in [0.2, 0.25) is 5.02 Å². The van der Waals surface area contributed by atoms with E-state index in [1.165, 1.54) is 0 Å². The van der Waals surface area contributed by atoms with E-state index < -0.39 is 5.91 Å². The smallest absolute Gasteiger partial charge is 0.267 e. The zero-order chi connectivity index (χ0) is 26.8. The van der Waals surface area contributed by atoms with Crippen LogP contribution in [-0.4, -0.2) is 67.2 Å². The Labute approximate surface area is 231 Å². The fourth-order valence-corrected chi connectivity index (χ4v) is 5.13. The van der Waals surface area contributed by atoms with Gasteiger partial charge in [0.15, 0.2) is 5.65 Å². The first-order chi connectivity index (χ1) is 19.0. The maximum Gasteiger partial charge on any atom is 0.267 e. The number of nitrogens with two attached hydrogens (primary N) is 1. The summed E-state index contributed by atoms with van der Waals surface area (Å²) < 4.78 is 14.0. The van der Waals surface area contributed by atoms with Crippen LogP contribution in [-0.2, 0) is 24.2 Å². The van der Waals surface area contributed by atoms with Crippen molar-refractivity contribution in [3.8, 4) is 5.88 Å². The molecular weight excluding hydrogens is 518 g/mol. The molecule has 1 aromatic carbocycles. The molecule has 1 atom stereocenters. The summed E-state index contributed by atoms with van der Waals surface area (Å²) in [6, 6.07) is 13.0. The molecule has 0 spiro atoms. The SMILES string of the molecule is NC(=O)c1ccc2nc(CN3CCC(Oc4ccnc(Cc5ccc(Cl)cc5)n4)CC3)n(C[C@@H]3CCO3)c2n1. The molecule has 1 amide bonds. The predicted octanol–water partition coefficient (Wildman–Crippen LogP) is 3.40. The summed E-state index contributed by atoms with van der Waals surface area (Å²) in [7, 11) is 0. The van der Waals surface area contributed by atoms with Gasteiger partial charge in [0.25, 0.3) is 5.91 Å². The summed E-state index contributed by atoms with van der Waals surface area (Å²) in [5.74, 6) is 1.69. The normalized spacial score (nSPS) is 18.2. The van der Waals surface area contributed by atoms with Gasteiger partial charge in [0.1, 0.15) is 29.0 Å². The van der Waals surface area contributed by atoms with Crippen molar-refractivity contribution < 1.29 is 14.3 Å². The van der Waals surface area contributed by atoms with Gasteiger partial charge in [-0.25, -0.2) is 15.0 Å². The highest BCUT2D eigenvalue weighted by molar-refractivity contribution is 6.30. The van der Waals surface area contributed by atoms with Crippen molar-refractivity contribution in [2.75, 3.05) is 19.7 Å². The van der Waals surface area contributed by atoms with Crippen LogP contribution >= 0.6 is 11.6 Å². The number of aromatic nitrogens is 5. The number of hydrogen-bond donors (Lipinski definition) is 1. The average molecular weight is 548 g/mol. The van der Waals surface area contributed by atoms with Gasteiger partial charge in [-0.05, 0) is 49.1 Å². The highest BCUT2D eigenvalue weighted by Crippen LogP contribution is 2.24. The fraction of sp³-hybridized carbons (Fsp3) is 0.393. The minimum Gasteiger partial charge on any atom is -0.474 e. The van der Waals surface area contributed by atoms with Crippen molar-refractivity contribution in [1.82, 2.24) is 29.4 Å². The van der Waals surface area contributed by atoms with Gasteiger partial charge >= 0.3 is 0 Å². The van der Waals surface area contributed by atoms with Crippen LogP contribution in [0, 0.1) is 0 Å². The van der Waals surface area contributed by atoms with Crippen molar-refractivity contribution >= 4 is 28.7 Å². The summed E-state index contributed by atoms with van der Waals surface area (Å²) in [6.07, 6.45) is 5.35. The molecule has 0 bridgehead atoms. The fourth-order valence-electron chi connectivity index (χ4n) is 5.00. The number of pyridine rings is 1. The Bertz CT molecular complexity index is 1460. The molecule has 2 aliphatic rings. The van der Waals surface area contributed by atoms with Gasteiger partial charge in [-0.3, -0.25) is 9.69 Å².